The number of hydrogen-bond donors (Lipinski definition) is 3. The van der Waals surface area contributed by atoms with Gasteiger partial charge < -0.3 is 5.32 Å². The summed E-state index contributed by atoms with van der Waals surface area (Å²) in [6, 6.07) is 16.2. The van der Waals surface area contributed by atoms with Gasteiger partial charge in [-0.3, -0.25) is 15.6 Å². The molecule has 0 radical (unpaired) electrons. The lowest BCUT2D eigenvalue weighted by atomic mass is 10.2. The molecule has 2 aromatic carbocycles. The van der Waals surface area contributed by atoms with Gasteiger partial charge in [0.05, 0.1) is 10.0 Å². The molecule has 3 aromatic rings. The molecule has 0 fully saturated rings. The molecule has 0 bridgehead atoms. The van der Waals surface area contributed by atoms with Crippen LogP contribution in [-0.2, 0) is 6.42 Å². The predicted molar refractivity (Wildman–Crippen MR) is 126 cm³/mol. The first-order valence-corrected chi connectivity index (χ1v) is 10.4. The highest BCUT2D eigenvalue weighted by molar-refractivity contribution is 6.42. The minimum Gasteiger partial charge on any atom is -0.308 e. The summed E-state index contributed by atoms with van der Waals surface area (Å²) in [5, 5.41) is 9.15. The molecule has 9 heteroatoms. The lowest BCUT2D eigenvalue weighted by Gasteiger charge is -2.13. The van der Waals surface area contributed by atoms with Crippen LogP contribution in [0, 0.1) is 13.8 Å². The summed E-state index contributed by atoms with van der Waals surface area (Å²) in [4.78, 5) is 25.7. The summed E-state index contributed by atoms with van der Waals surface area (Å²) in [6.45, 7) is 4.21. The molecule has 160 valence electrons. The van der Waals surface area contributed by atoms with Crippen molar-refractivity contribution in [1.82, 2.24) is 15.3 Å². The maximum Gasteiger partial charge on any atom is 0.326 e. The second-order valence-corrected chi connectivity index (χ2v) is 7.59. The number of nitrogens with one attached hydrogen (secondary N) is 3. The number of aryl methyl sites for hydroxylation is 2. The molecule has 0 atom stereocenters. The van der Waals surface area contributed by atoms with Crippen molar-refractivity contribution in [2.45, 2.75) is 20.3 Å². The molecule has 0 saturated carbocycles. The fourth-order valence-electron chi connectivity index (χ4n) is 2.78. The van der Waals surface area contributed by atoms with Gasteiger partial charge in [0.15, 0.2) is 0 Å². The quantitative estimate of drug-likeness (QED) is 0.361. The van der Waals surface area contributed by atoms with Gasteiger partial charge in [0, 0.05) is 23.6 Å². The summed E-state index contributed by atoms with van der Waals surface area (Å²) in [5.74, 6) is 0.587. The van der Waals surface area contributed by atoms with E-state index >= 15 is 0 Å². The molecule has 3 N–H and O–H groups in total. The number of guanidine groups is 1. The fourth-order valence-corrected chi connectivity index (χ4v) is 3.08. The Morgan fingerprint density at radius 2 is 1.65 bits per heavy atom. The van der Waals surface area contributed by atoms with Crippen LogP contribution in [0.2, 0.25) is 10.0 Å². The van der Waals surface area contributed by atoms with Crippen LogP contribution in [0.3, 0.4) is 0 Å². The largest absolute Gasteiger partial charge is 0.326 e. The molecule has 7 nitrogen and oxygen atoms in total. The van der Waals surface area contributed by atoms with Gasteiger partial charge in [0.1, 0.15) is 0 Å². The SMILES string of the molecule is Cc1cc(C)nc(NC(=NCCc2ccccc2)NC(=O)Nc2ccc(Cl)c(Cl)c2)n1. The monoisotopic (exact) mass is 456 g/mol. The van der Waals surface area contributed by atoms with Gasteiger partial charge in [-0.2, -0.15) is 0 Å². The van der Waals surface area contributed by atoms with Crippen molar-refractivity contribution in [1.29, 1.82) is 0 Å². The van der Waals surface area contributed by atoms with Crippen LogP contribution in [0.15, 0.2) is 59.6 Å². The average Bonchev–Trinajstić information content (AvgIpc) is 2.70. The summed E-state index contributed by atoms with van der Waals surface area (Å²) in [7, 11) is 0. The van der Waals surface area contributed by atoms with Crippen molar-refractivity contribution in [2.75, 3.05) is 17.2 Å². The topological polar surface area (TPSA) is 91.3 Å². The van der Waals surface area contributed by atoms with Crippen LogP contribution in [0.1, 0.15) is 17.0 Å². The van der Waals surface area contributed by atoms with Crippen molar-refractivity contribution >= 4 is 46.8 Å². The van der Waals surface area contributed by atoms with E-state index in [4.69, 9.17) is 23.2 Å². The summed E-state index contributed by atoms with van der Waals surface area (Å²) < 4.78 is 0. The normalized spacial score (nSPS) is 11.2. The van der Waals surface area contributed by atoms with E-state index in [1.165, 1.54) is 0 Å². The number of urea groups is 1. The van der Waals surface area contributed by atoms with E-state index in [0.717, 1.165) is 23.4 Å². The number of carbonyl (C=O) groups excluding carboxylic acids is 1. The smallest absolute Gasteiger partial charge is 0.308 e. The first-order valence-electron chi connectivity index (χ1n) is 9.60. The van der Waals surface area contributed by atoms with Crippen LogP contribution in [0.25, 0.3) is 0 Å². The molecule has 2 amide bonds. The van der Waals surface area contributed by atoms with E-state index in [9.17, 15) is 4.79 Å². The Morgan fingerprint density at radius 1 is 0.935 bits per heavy atom. The molecule has 0 unspecified atom stereocenters. The Labute approximate surface area is 190 Å². The first kappa shape index (κ1) is 22.5. The number of carbonyl (C=O) groups is 1. The van der Waals surface area contributed by atoms with Crippen LogP contribution < -0.4 is 16.0 Å². The number of benzene rings is 2. The highest BCUT2D eigenvalue weighted by atomic mass is 35.5. The van der Waals surface area contributed by atoms with Crippen molar-refractivity contribution < 1.29 is 4.79 Å². The zero-order valence-electron chi connectivity index (χ0n) is 17.1. The van der Waals surface area contributed by atoms with Gasteiger partial charge in [0.25, 0.3) is 0 Å². The molecule has 0 spiro atoms. The van der Waals surface area contributed by atoms with Gasteiger partial charge in [-0.05, 0) is 50.1 Å². The second-order valence-electron chi connectivity index (χ2n) is 6.77. The maximum absolute atomic E-state index is 12.5. The Hall–Kier alpha value is -3.16. The zero-order chi connectivity index (χ0) is 22.2. The molecule has 0 saturated heterocycles. The van der Waals surface area contributed by atoms with Crippen LogP contribution in [-0.4, -0.2) is 28.5 Å². The molecule has 31 heavy (non-hydrogen) atoms. The standard InChI is InChI=1S/C22H22Cl2N6O/c1-14-12-15(2)27-21(26-14)29-20(25-11-10-16-6-4-3-5-7-16)30-22(31)28-17-8-9-18(23)19(24)13-17/h3-9,12-13H,10-11H2,1-2H3,(H3,25,26,27,28,29,30,31). The van der Waals surface area contributed by atoms with Gasteiger partial charge in [-0.25, -0.2) is 14.8 Å². The van der Waals surface area contributed by atoms with Gasteiger partial charge in [0.2, 0.25) is 11.9 Å². The summed E-state index contributed by atoms with van der Waals surface area (Å²) in [5.41, 5.74) is 3.25. The number of halogens is 2. The van der Waals surface area contributed by atoms with E-state index in [0.29, 0.717) is 28.2 Å². The summed E-state index contributed by atoms with van der Waals surface area (Å²) >= 11 is 11.9. The fraction of sp³-hybridized carbons (Fsp3) is 0.182. The number of aliphatic imine (C=N–C) groups is 1. The molecule has 1 heterocycles. The minimum absolute atomic E-state index is 0.235. The molecule has 3 rings (SSSR count). The van der Waals surface area contributed by atoms with E-state index < -0.39 is 6.03 Å². The van der Waals surface area contributed by atoms with Crippen LogP contribution >= 0.6 is 23.2 Å². The Balaban J connectivity index is 1.72. The molecule has 0 aliphatic rings. The maximum atomic E-state index is 12.5. The third-order valence-corrected chi connectivity index (χ3v) is 4.87. The number of aromatic nitrogens is 2. The van der Waals surface area contributed by atoms with Gasteiger partial charge >= 0.3 is 6.03 Å². The Bertz CT molecular complexity index is 1070. The van der Waals surface area contributed by atoms with E-state index in [1.807, 2.05) is 50.2 Å². The Kier molecular flexibility index (Phi) is 7.81. The van der Waals surface area contributed by atoms with Crippen molar-refractivity contribution in [3.63, 3.8) is 0 Å². The van der Waals surface area contributed by atoms with Crippen molar-refractivity contribution in [3.05, 3.63) is 81.6 Å². The minimum atomic E-state index is -0.492. The molecular weight excluding hydrogens is 435 g/mol. The number of nitrogens with zero attached hydrogens (tertiary/aromatic N) is 3. The number of hydrogen-bond acceptors (Lipinski definition) is 4. The predicted octanol–water partition coefficient (Wildman–Crippen LogP) is 5.23. The van der Waals surface area contributed by atoms with Gasteiger partial charge in [-0.1, -0.05) is 53.5 Å². The lowest BCUT2D eigenvalue weighted by molar-refractivity contribution is 0.256. The number of anilines is 2. The van der Waals surface area contributed by atoms with E-state index in [2.05, 4.69) is 30.9 Å². The highest BCUT2D eigenvalue weighted by Crippen LogP contribution is 2.24. The Morgan fingerprint density at radius 3 is 2.32 bits per heavy atom. The van der Waals surface area contributed by atoms with Crippen molar-refractivity contribution in [2.24, 2.45) is 4.99 Å². The van der Waals surface area contributed by atoms with Crippen LogP contribution in [0.4, 0.5) is 16.4 Å². The average molecular weight is 457 g/mol. The zero-order valence-corrected chi connectivity index (χ0v) is 18.6. The second kappa shape index (κ2) is 10.7. The first-order chi connectivity index (χ1) is 14.9. The molecule has 0 aliphatic heterocycles. The number of rotatable bonds is 5. The van der Waals surface area contributed by atoms with E-state index in [-0.39, 0.29) is 5.96 Å². The third-order valence-electron chi connectivity index (χ3n) is 4.14. The number of amides is 2. The molecule has 1 aromatic heterocycles. The lowest BCUT2D eigenvalue weighted by Crippen LogP contribution is -2.39. The molecular formula is C22H22Cl2N6O. The van der Waals surface area contributed by atoms with Crippen LogP contribution in [0.5, 0.6) is 0 Å². The van der Waals surface area contributed by atoms with E-state index in [1.54, 1.807) is 18.2 Å². The highest BCUT2D eigenvalue weighted by Gasteiger charge is 2.10. The third kappa shape index (κ3) is 7.24. The van der Waals surface area contributed by atoms with Gasteiger partial charge in [-0.15, -0.1) is 0 Å². The molecule has 0 aliphatic carbocycles. The summed E-state index contributed by atoms with van der Waals surface area (Å²) in [6.07, 6.45) is 0.718. The van der Waals surface area contributed by atoms with Crippen molar-refractivity contribution in [3.8, 4) is 0 Å².